The van der Waals surface area contributed by atoms with E-state index in [1.54, 1.807) is 6.92 Å². The number of nitrogens with one attached hydrogen (secondary N) is 10. The summed E-state index contributed by atoms with van der Waals surface area (Å²) >= 11 is 7.20. The summed E-state index contributed by atoms with van der Waals surface area (Å²) in [5.74, 6) is -10.5. The third kappa shape index (κ3) is 18.6. The van der Waals surface area contributed by atoms with Crippen molar-refractivity contribution in [3.63, 3.8) is 0 Å². The van der Waals surface area contributed by atoms with Gasteiger partial charge in [-0.1, -0.05) is 89.1 Å². The number of hydrogen-bond donors (Lipinski definition) is 18. The van der Waals surface area contributed by atoms with E-state index < -0.39 is 174 Å². The van der Waals surface area contributed by atoms with Gasteiger partial charge in [0.25, 0.3) is 0 Å². The zero-order valence-electron chi connectivity index (χ0n) is 63.8. The molecule has 15 rings (SSSR count). The molecule has 19 N–H and O–H groups in total. The predicted molar refractivity (Wildman–Crippen MR) is 409 cm³/mol. The molecule has 608 valence electrons. The molecule has 4 saturated carbocycles. The Labute approximate surface area is 658 Å². The van der Waals surface area contributed by atoms with E-state index in [9.17, 15) is 50.1 Å². The second-order valence-electron chi connectivity index (χ2n) is 31.5. The largest absolute Gasteiger partial charge is 0.508 e. The predicted octanol–water partition coefficient (Wildman–Crippen LogP) is 5.04. The molecule has 0 spiro atoms. The van der Waals surface area contributed by atoms with Crippen LogP contribution in [0.1, 0.15) is 180 Å². The summed E-state index contributed by atoms with van der Waals surface area (Å²) in [7, 11) is 1.52. The Balaban J connectivity index is 1.03. The summed E-state index contributed by atoms with van der Waals surface area (Å²) in [5.41, 5.74) is 5.81. The fourth-order valence-electron chi connectivity index (χ4n) is 17.1. The summed E-state index contributed by atoms with van der Waals surface area (Å²) in [6.45, 7) is 8.66. The number of benzene rings is 5. The van der Waals surface area contributed by atoms with Gasteiger partial charge in [-0.25, -0.2) is 4.79 Å². The fraction of sp³-hybridized carbons (Fsp3) is 0.519. The highest BCUT2D eigenvalue weighted by Crippen LogP contribution is 2.55. The number of carbonyl (C=O) groups is 9. The second-order valence-corrected chi connectivity index (χ2v) is 31.9. The van der Waals surface area contributed by atoms with Gasteiger partial charge in [0.05, 0.1) is 17.5 Å². The van der Waals surface area contributed by atoms with Gasteiger partial charge in [-0.3, -0.25) is 43.7 Å². The van der Waals surface area contributed by atoms with Crippen LogP contribution in [-0.2, 0) is 43.1 Å². The molecule has 32 heteroatoms. The molecule has 5 aromatic carbocycles. The van der Waals surface area contributed by atoms with Crippen molar-refractivity contribution >= 4 is 64.9 Å². The van der Waals surface area contributed by atoms with Gasteiger partial charge in [-0.2, -0.15) is 0 Å². The summed E-state index contributed by atoms with van der Waals surface area (Å²) in [6.07, 6.45) is -2.95. The fourth-order valence-corrected chi connectivity index (χ4v) is 17.3. The molecule has 31 nitrogen and oxygen atoms in total. The highest BCUT2D eigenvalue weighted by Gasteiger charge is 2.51. The van der Waals surface area contributed by atoms with E-state index in [-0.39, 0.29) is 109 Å². The van der Waals surface area contributed by atoms with E-state index in [4.69, 9.17) is 36.3 Å². The molecule has 14 atom stereocenters. The lowest BCUT2D eigenvalue weighted by atomic mass is 9.54. The number of fused-ring (bicyclic) bond motifs is 15. The minimum absolute atomic E-state index is 0.00807. The van der Waals surface area contributed by atoms with Gasteiger partial charge in [0.15, 0.2) is 11.5 Å². The monoisotopic (exact) mass is 1580 g/mol. The number of imide groups is 1. The lowest BCUT2D eigenvalue weighted by Gasteiger charge is -2.54. The summed E-state index contributed by atoms with van der Waals surface area (Å²) in [6, 6.07) is 1.91. The van der Waals surface area contributed by atoms with Gasteiger partial charge >= 0.3 is 6.03 Å². The number of carbonyl (C=O) groups excluding carboxylic acids is 9. The number of nitrogens with two attached hydrogens (primary N) is 1. The van der Waals surface area contributed by atoms with E-state index in [1.165, 1.54) is 80.7 Å². The topological polar surface area (TPSA) is 478 Å². The molecule has 0 radical (unpaired) electrons. The normalized spacial score (nSPS) is 28.2. The molecule has 15 bridgehead atoms. The van der Waals surface area contributed by atoms with Crippen molar-refractivity contribution in [2.24, 2.45) is 35.3 Å². The first-order valence-electron chi connectivity index (χ1n) is 38.9. The number of aliphatic hydroxyl groups is 5. The second kappa shape index (κ2) is 35.8. The number of ether oxygens (including phenoxy) is 4. The lowest BCUT2D eigenvalue weighted by Crippen LogP contribution is -2.60. The molecule has 5 aromatic rings. The maximum atomic E-state index is 16.4. The molecule has 6 heterocycles. The summed E-state index contributed by atoms with van der Waals surface area (Å²) < 4.78 is 25.9. The number of likely N-dealkylation sites (N-methyl/N-ethyl adjacent to an activating group) is 1. The maximum Gasteiger partial charge on any atom is 0.321 e. The number of phenolic OH excluding ortho intramolecular Hbond substituents is 2. The van der Waals surface area contributed by atoms with Gasteiger partial charge in [-0.05, 0) is 201 Å². The number of unbranched alkanes of at least 4 members (excludes halogenated alkanes) is 6. The SMILES string of the molecule is CCCCCCCCCNC(=O)NC(=O)C[C@@H]1NC(=O)[C@H](NC(=O)[C@@H](CC(C)C)NC)[C@H](O)c2ccc(c(C)c2)Oc2cc3cc(c2O[C@@H]2O[C@H](CN)[C@@H](O)[C@H](O)[C@H]2O)Oc2ccc(cc2Cl)[C@@H](O)[C@@H]2NC(=O)[C@H](NC(=O)[C@@H]3NC1=O)c1ccc(O)c(c1)-c1c(C)cc(O)cc1[C@@H](C(=O)NC1C3CC4CC(C3)CC1C4)NC2=O. The van der Waals surface area contributed by atoms with Crippen LogP contribution in [0.5, 0.6) is 40.2 Å². The number of halogens is 1. The number of phenols is 2. The van der Waals surface area contributed by atoms with Crippen LogP contribution in [0.25, 0.3) is 11.1 Å². The summed E-state index contributed by atoms with van der Waals surface area (Å²) in [5, 5.41) is 109. The Morgan fingerprint density at radius 1 is 0.637 bits per heavy atom. The van der Waals surface area contributed by atoms with Crippen LogP contribution in [0.3, 0.4) is 0 Å². The van der Waals surface area contributed by atoms with Crippen molar-refractivity contribution in [3.8, 4) is 51.4 Å². The first kappa shape index (κ1) is 82.7. The Morgan fingerprint density at radius 2 is 1.27 bits per heavy atom. The first-order valence-corrected chi connectivity index (χ1v) is 39.3. The number of aliphatic hydroxyl groups excluding tert-OH is 5. The van der Waals surface area contributed by atoms with Crippen molar-refractivity contribution in [1.82, 2.24) is 53.2 Å². The van der Waals surface area contributed by atoms with Crippen LogP contribution in [0.15, 0.2) is 78.9 Å². The third-order valence-corrected chi connectivity index (χ3v) is 23.1. The van der Waals surface area contributed by atoms with Gasteiger partial charge < -0.3 is 108 Å². The van der Waals surface area contributed by atoms with Crippen molar-refractivity contribution in [2.45, 2.75) is 216 Å². The molecule has 10 aliphatic rings. The number of rotatable bonds is 20. The zero-order valence-corrected chi connectivity index (χ0v) is 64.5. The Hall–Kier alpha value is -9.70. The van der Waals surface area contributed by atoms with Crippen LogP contribution >= 0.6 is 11.6 Å². The summed E-state index contributed by atoms with van der Waals surface area (Å²) in [4.78, 5) is 137. The molecule has 6 aliphatic heterocycles. The maximum absolute atomic E-state index is 16.4. The lowest BCUT2D eigenvalue weighted by molar-refractivity contribution is -0.270. The molecule has 10 amide bonds. The van der Waals surface area contributed by atoms with Crippen molar-refractivity contribution in [3.05, 3.63) is 123 Å². The van der Waals surface area contributed by atoms with Crippen molar-refractivity contribution < 1.29 is 97.8 Å². The Kier molecular flexibility index (Phi) is 26.2. The molecule has 0 unspecified atom stereocenters. The van der Waals surface area contributed by atoms with Crippen LogP contribution in [0.2, 0.25) is 5.02 Å². The Morgan fingerprint density at radius 3 is 1.92 bits per heavy atom. The highest BCUT2D eigenvalue weighted by atomic mass is 35.5. The van der Waals surface area contributed by atoms with Gasteiger partial charge in [0, 0.05) is 24.7 Å². The van der Waals surface area contributed by atoms with E-state index in [1.807, 2.05) is 13.8 Å². The molecular weight excluding hydrogens is 1480 g/mol. The van der Waals surface area contributed by atoms with Gasteiger partial charge in [0.2, 0.25) is 59.3 Å². The van der Waals surface area contributed by atoms with Gasteiger partial charge in [0.1, 0.15) is 95.9 Å². The van der Waals surface area contributed by atoms with Crippen molar-refractivity contribution in [2.75, 3.05) is 20.1 Å². The van der Waals surface area contributed by atoms with E-state index in [2.05, 4.69) is 60.1 Å². The average molecular weight is 1590 g/mol. The minimum Gasteiger partial charge on any atom is -0.508 e. The smallest absolute Gasteiger partial charge is 0.321 e. The van der Waals surface area contributed by atoms with Crippen LogP contribution in [0, 0.1) is 43.4 Å². The highest BCUT2D eigenvalue weighted by molar-refractivity contribution is 6.32. The Bertz CT molecular complexity index is 4400. The average Bonchev–Trinajstić information content (AvgIpc) is 0.755. The molecule has 0 aromatic heterocycles. The van der Waals surface area contributed by atoms with Crippen molar-refractivity contribution in [1.29, 1.82) is 0 Å². The number of amides is 10. The van der Waals surface area contributed by atoms with E-state index >= 15 is 28.8 Å². The van der Waals surface area contributed by atoms with Crippen LogP contribution in [0.4, 0.5) is 4.79 Å². The number of aromatic hydroxyl groups is 2. The third-order valence-electron chi connectivity index (χ3n) is 22.8. The number of aryl methyl sites for hydroxylation is 2. The molecule has 113 heavy (non-hydrogen) atoms. The van der Waals surface area contributed by atoms with E-state index in [0.717, 1.165) is 82.8 Å². The first-order chi connectivity index (χ1) is 54.0. The molecule has 1 saturated heterocycles. The quantitative estimate of drug-likeness (QED) is 0.0454. The minimum atomic E-state index is -2.27. The molecule has 5 fully saturated rings. The molecular formula is C81H102ClN11O20. The van der Waals surface area contributed by atoms with E-state index in [0.29, 0.717) is 18.3 Å². The number of urea groups is 1. The van der Waals surface area contributed by atoms with Crippen LogP contribution < -0.4 is 73.1 Å². The van der Waals surface area contributed by atoms with Crippen LogP contribution in [-0.4, -0.2) is 170 Å². The van der Waals surface area contributed by atoms with Gasteiger partial charge in [-0.15, -0.1) is 0 Å². The molecule has 4 aliphatic carbocycles. The zero-order chi connectivity index (χ0) is 81.0. The standard InChI is InChI=1S/C81H102ClN11O20/c1-7-8-9-10-11-12-13-20-85-81(109)87-59(96)34-52-74(103)89-63-46-31-56(110-54-18-15-42(22-37(54)4)67(97)65(78(107)86-52)92-73(102)51(84-6)21-36(2)3)72(113-80-71(101)70(100)69(99)58(35-83)112-80)57(32-46)111-55-19-16-43(30-50(55)82)68(98)66-79(108)91-64(77(106)88-61-44-25-39-24-40(27-44)28-45(61)26-39)49-33-47(94)23-38(5)60(49)48-29-41(14-17-53(48)95)62(75(104)93-66)90-76(63)105/h14-19,22-23,29-33,36,39-40,44-45,51-52,58,61-71,80,84,94-95,97-101H,7-13,20-21,24-28,34-35,83H2,1-6H3,(H,86,107)(H,88,106)(H,89,103)(H,90,105)(H,91,108)(H,92,102)(H,93,104)(H2,85,87,96,109)/t39?,40?,44?,45?,51-,52+,58-,61?,62-,63-,64+,65-,66+,67-,68-,69-,70+,71-,80+/m1/s1. The number of hydrogen-bond acceptors (Lipinski definition) is 22.